The third-order valence-electron chi connectivity index (χ3n) is 3.46. The van der Waals surface area contributed by atoms with Crippen LogP contribution in [0.25, 0.3) is 0 Å². The summed E-state index contributed by atoms with van der Waals surface area (Å²) in [5.41, 5.74) is -1.95. The molecule has 13 heavy (non-hydrogen) atoms. The number of hydrogen-bond acceptors (Lipinski definition) is 0. The van der Waals surface area contributed by atoms with Crippen LogP contribution >= 0.6 is 0 Å². The van der Waals surface area contributed by atoms with E-state index in [4.69, 9.17) is 0 Å². The van der Waals surface area contributed by atoms with Gasteiger partial charge >= 0.3 is 6.18 Å². The van der Waals surface area contributed by atoms with Gasteiger partial charge in [0.05, 0.1) is 5.41 Å². The molecule has 3 heteroatoms. The standard InChI is InChI=1S/C10H17F3/c1-4-5-8(2,3)9(6-7-9)10(11,12)13/h4-7H2,1-3H3. The van der Waals surface area contributed by atoms with Crippen LogP contribution in [0.5, 0.6) is 0 Å². The molecule has 0 aromatic rings. The van der Waals surface area contributed by atoms with Crippen molar-refractivity contribution in [2.45, 2.75) is 52.6 Å². The smallest absolute Gasteiger partial charge is 0.170 e. The molecule has 0 spiro atoms. The van der Waals surface area contributed by atoms with Crippen molar-refractivity contribution in [2.75, 3.05) is 0 Å². The van der Waals surface area contributed by atoms with Crippen molar-refractivity contribution < 1.29 is 13.2 Å². The van der Waals surface area contributed by atoms with Gasteiger partial charge in [-0.05, 0) is 24.7 Å². The van der Waals surface area contributed by atoms with Gasteiger partial charge in [-0.1, -0.05) is 27.2 Å². The molecule has 0 amide bonds. The van der Waals surface area contributed by atoms with E-state index in [-0.39, 0.29) is 0 Å². The molecular weight excluding hydrogens is 177 g/mol. The maximum Gasteiger partial charge on any atom is 0.395 e. The first-order chi connectivity index (χ1) is 5.77. The van der Waals surface area contributed by atoms with E-state index in [1.807, 2.05) is 6.92 Å². The second-order valence-electron chi connectivity index (χ2n) is 4.71. The van der Waals surface area contributed by atoms with Crippen LogP contribution in [0.4, 0.5) is 13.2 Å². The highest BCUT2D eigenvalue weighted by Gasteiger charge is 2.69. The molecule has 0 aliphatic heterocycles. The molecule has 0 saturated heterocycles. The van der Waals surface area contributed by atoms with Crippen LogP contribution in [0.15, 0.2) is 0 Å². The van der Waals surface area contributed by atoms with Crippen LogP contribution in [-0.2, 0) is 0 Å². The number of alkyl halides is 3. The van der Waals surface area contributed by atoms with E-state index < -0.39 is 17.0 Å². The number of hydrogen-bond donors (Lipinski definition) is 0. The van der Waals surface area contributed by atoms with Crippen molar-refractivity contribution in [1.82, 2.24) is 0 Å². The fraction of sp³-hybridized carbons (Fsp3) is 1.00. The van der Waals surface area contributed by atoms with Crippen LogP contribution in [0, 0.1) is 10.8 Å². The van der Waals surface area contributed by atoms with Crippen molar-refractivity contribution in [3.05, 3.63) is 0 Å². The third-order valence-corrected chi connectivity index (χ3v) is 3.46. The first-order valence-corrected chi connectivity index (χ1v) is 4.83. The van der Waals surface area contributed by atoms with Crippen LogP contribution in [0.2, 0.25) is 0 Å². The van der Waals surface area contributed by atoms with E-state index in [2.05, 4.69) is 0 Å². The Kier molecular flexibility index (Phi) is 2.42. The summed E-state index contributed by atoms with van der Waals surface area (Å²) in [5.74, 6) is 0. The lowest BCUT2D eigenvalue weighted by molar-refractivity contribution is -0.219. The fourth-order valence-corrected chi connectivity index (χ4v) is 2.33. The quantitative estimate of drug-likeness (QED) is 0.633. The van der Waals surface area contributed by atoms with Crippen molar-refractivity contribution in [2.24, 2.45) is 10.8 Å². The predicted octanol–water partition coefficient (Wildman–Crippen LogP) is 4.16. The zero-order valence-electron chi connectivity index (χ0n) is 8.46. The van der Waals surface area contributed by atoms with Gasteiger partial charge in [0.1, 0.15) is 0 Å². The van der Waals surface area contributed by atoms with Crippen molar-refractivity contribution >= 4 is 0 Å². The predicted molar refractivity (Wildman–Crippen MR) is 46.4 cm³/mol. The molecule has 0 nitrogen and oxygen atoms in total. The van der Waals surface area contributed by atoms with Crippen molar-refractivity contribution in [3.63, 3.8) is 0 Å². The summed E-state index contributed by atoms with van der Waals surface area (Å²) >= 11 is 0. The van der Waals surface area contributed by atoms with Gasteiger partial charge in [-0.2, -0.15) is 13.2 Å². The molecule has 0 unspecified atom stereocenters. The van der Waals surface area contributed by atoms with Gasteiger partial charge in [0.25, 0.3) is 0 Å². The second kappa shape index (κ2) is 2.89. The summed E-state index contributed by atoms with van der Waals surface area (Å²) in [6, 6.07) is 0. The average Bonchev–Trinajstić information content (AvgIpc) is 2.61. The Labute approximate surface area is 77.5 Å². The molecule has 0 atom stereocenters. The molecule has 1 fully saturated rings. The molecule has 0 aromatic carbocycles. The lowest BCUT2D eigenvalue weighted by Crippen LogP contribution is -2.38. The summed E-state index contributed by atoms with van der Waals surface area (Å²) in [6.45, 7) is 5.43. The Morgan fingerprint density at radius 3 is 1.85 bits per heavy atom. The second-order valence-corrected chi connectivity index (χ2v) is 4.71. The van der Waals surface area contributed by atoms with Crippen molar-refractivity contribution in [3.8, 4) is 0 Å². The molecule has 1 rings (SSSR count). The van der Waals surface area contributed by atoms with E-state index in [9.17, 15) is 13.2 Å². The molecule has 0 aromatic heterocycles. The molecule has 78 valence electrons. The maximum atomic E-state index is 12.7. The van der Waals surface area contributed by atoms with E-state index in [1.165, 1.54) is 0 Å². The Morgan fingerprint density at radius 1 is 1.15 bits per heavy atom. The average molecular weight is 194 g/mol. The summed E-state index contributed by atoms with van der Waals surface area (Å²) < 4.78 is 38.1. The van der Waals surface area contributed by atoms with Gasteiger partial charge < -0.3 is 0 Å². The van der Waals surface area contributed by atoms with Gasteiger partial charge in [0.15, 0.2) is 0 Å². The summed E-state index contributed by atoms with van der Waals surface area (Å²) in [7, 11) is 0. The van der Waals surface area contributed by atoms with Gasteiger partial charge in [-0.15, -0.1) is 0 Å². The number of rotatable bonds is 3. The highest BCUT2D eigenvalue weighted by Crippen LogP contribution is 2.68. The van der Waals surface area contributed by atoms with Crippen LogP contribution in [0.1, 0.15) is 46.5 Å². The zero-order valence-corrected chi connectivity index (χ0v) is 8.46. The molecular formula is C10H17F3. The monoisotopic (exact) mass is 194 g/mol. The molecule has 1 aliphatic carbocycles. The van der Waals surface area contributed by atoms with E-state index in [1.54, 1.807) is 13.8 Å². The van der Waals surface area contributed by atoms with E-state index in [0.29, 0.717) is 19.3 Å². The minimum Gasteiger partial charge on any atom is -0.170 e. The van der Waals surface area contributed by atoms with Gasteiger partial charge in [0.2, 0.25) is 0 Å². The molecule has 0 N–H and O–H groups in total. The first kappa shape index (κ1) is 10.9. The minimum atomic E-state index is -4.01. The Morgan fingerprint density at radius 2 is 1.62 bits per heavy atom. The highest BCUT2D eigenvalue weighted by atomic mass is 19.4. The van der Waals surface area contributed by atoms with Crippen molar-refractivity contribution in [1.29, 1.82) is 0 Å². The van der Waals surface area contributed by atoms with Gasteiger partial charge in [-0.3, -0.25) is 0 Å². The Hall–Kier alpha value is -0.210. The molecule has 1 saturated carbocycles. The molecule has 0 bridgehead atoms. The van der Waals surface area contributed by atoms with Crippen LogP contribution in [-0.4, -0.2) is 6.18 Å². The Balaban J connectivity index is 2.81. The lowest BCUT2D eigenvalue weighted by atomic mass is 9.72. The number of halogens is 3. The summed E-state index contributed by atoms with van der Waals surface area (Å²) in [4.78, 5) is 0. The van der Waals surface area contributed by atoms with Gasteiger partial charge in [-0.25, -0.2) is 0 Å². The molecule has 1 aliphatic rings. The van der Waals surface area contributed by atoms with E-state index >= 15 is 0 Å². The maximum absolute atomic E-state index is 12.7. The minimum absolute atomic E-state index is 0.323. The third kappa shape index (κ3) is 1.57. The first-order valence-electron chi connectivity index (χ1n) is 4.83. The van der Waals surface area contributed by atoms with Crippen LogP contribution in [0.3, 0.4) is 0 Å². The highest BCUT2D eigenvalue weighted by molar-refractivity contribution is 5.07. The molecule has 0 radical (unpaired) electrons. The van der Waals surface area contributed by atoms with Crippen LogP contribution < -0.4 is 0 Å². The fourth-order valence-electron chi connectivity index (χ4n) is 2.33. The summed E-state index contributed by atoms with van der Waals surface area (Å²) in [6.07, 6.45) is -1.88. The zero-order chi connectivity index (χ0) is 10.3. The topological polar surface area (TPSA) is 0 Å². The molecule has 0 heterocycles. The SMILES string of the molecule is CCCC(C)(C)C1(C(F)(F)F)CC1. The Bertz CT molecular complexity index is 187. The largest absolute Gasteiger partial charge is 0.395 e. The van der Waals surface area contributed by atoms with Gasteiger partial charge in [0, 0.05) is 0 Å². The summed E-state index contributed by atoms with van der Waals surface area (Å²) in [5, 5.41) is 0. The lowest BCUT2D eigenvalue weighted by Gasteiger charge is -2.36. The van der Waals surface area contributed by atoms with E-state index in [0.717, 1.165) is 6.42 Å². The normalized spacial score (nSPS) is 21.7.